The summed E-state index contributed by atoms with van der Waals surface area (Å²) in [7, 11) is 0. The van der Waals surface area contributed by atoms with Gasteiger partial charge in [-0.1, -0.05) is 6.07 Å². The average molecular weight is 275 g/mol. The van der Waals surface area contributed by atoms with Crippen LogP contribution in [0, 0.1) is 15.9 Å². The molecule has 0 radical (unpaired) electrons. The Balaban J connectivity index is 2.01. The largest absolute Gasteiger partial charge is 0.306 e. The molecular formula is C14H14FN3O2. The van der Waals surface area contributed by atoms with E-state index in [2.05, 4.69) is 10.3 Å². The zero-order chi connectivity index (χ0) is 14.5. The lowest BCUT2D eigenvalue weighted by molar-refractivity contribution is -0.387. The van der Waals surface area contributed by atoms with E-state index in [4.69, 9.17) is 0 Å². The lowest BCUT2D eigenvalue weighted by Gasteiger charge is -2.14. The van der Waals surface area contributed by atoms with Crippen molar-refractivity contribution in [1.82, 2.24) is 10.3 Å². The highest BCUT2D eigenvalue weighted by atomic mass is 19.1. The van der Waals surface area contributed by atoms with Crippen LogP contribution in [-0.4, -0.2) is 9.91 Å². The fourth-order valence-corrected chi connectivity index (χ4v) is 1.85. The van der Waals surface area contributed by atoms with Gasteiger partial charge in [-0.3, -0.25) is 15.1 Å². The first-order valence-corrected chi connectivity index (χ1v) is 6.14. The van der Waals surface area contributed by atoms with Gasteiger partial charge in [0.25, 0.3) is 0 Å². The number of nitrogens with one attached hydrogen (secondary N) is 1. The van der Waals surface area contributed by atoms with Crippen LogP contribution in [-0.2, 0) is 6.54 Å². The third-order valence-corrected chi connectivity index (χ3v) is 3.03. The van der Waals surface area contributed by atoms with Gasteiger partial charge in [-0.05, 0) is 36.2 Å². The minimum absolute atomic E-state index is 0.0799. The van der Waals surface area contributed by atoms with Gasteiger partial charge in [0.1, 0.15) is 0 Å². The number of halogens is 1. The number of benzene rings is 1. The van der Waals surface area contributed by atoms with Gasteiger partial charge in [-0.15, -0.1) is 0 Å². The number of nitrogens with zero attached hydrogens (tertiary/aromatic N) is 2. The quantitative estimate of drug-likeness (QED) is 0.672. The summed E-state index contributed by atoms with van der Waals surface area (Å²) in [5.74, 6) is -0.814. The Kier molecular flexibility index (Phi) is 4.37. The Bertz CT molecular complexity index is 605. The third-order valence-electron chi connectivity index (χ3n) is 3.03. The van der Waals surface area contributed by atoms with E-state index in [9.17, 15) is 14.5 Å². The van der Waals surface area contributed by atoms with Crippen molar-refractivity contribution in [2.45, 2.75) is 19.5 Å². The van der Waals surface area contributed by atoms with Gasteiger partial charge < -0.3 is 5.32 Å². The van der Waals surface area contributed by atoms with E-state index in [1.54, 1.807) is 18.5 Å². The average Bonchev–Trinajstić information content (AvgIpc) is 2.45. The molecule has 1 atom stereocenters. The first kappa shape index (κ1) is 14.1. The summed E-state index contributed by atoms with van der Waals surface area (Å²) in [4.78, 5) is 13.7. The first-order valence-electron chi connectivity index (χ1n) is 6.14. The third kappa shape index (κ3) is 3.36. The van der Waals surface area contributed by atoms with Crippen molar-refractivity contribution in [3.63, 3.8) is 0 Å². The van der Waals surface area contributed by atoms with Crippen LogP contribution in [0.15, 0.2) is 42.7 Å². The number of nitro benzene ring substituents is 1. The van der Waals surface area contributed by atoms with Crippen LogP contribution >= 0.6 is 0 Å². The topological polar surface area (TPSA) is 68.1 Å². The zero-order valence-electron chi connectivity index (χ0n) is 10.9. The fraction of sp³-hybridized carbons (Fsp3) is 0.214. The second-order valence-electron chi connectivity index (χ2n) is 4.43. The summed E-state index contributed by atoms with van der Waals surface area (Å²) in [5.41, 5.74) is 1.23. The van der Waals surface area contributed by atoms with Crippen LogP contribution in [0.25, 0.3) is 0 Å². The summed E-state index contributed by atoms with van der Waals surface area (Å²) in [5, 5.41) is 13.8. The highest BCUT2D eigenvalue weighted by Gasteiger charge is 2.14. The molecule has 2 aromatic rings. The predicted molar refractivity (Wildman–Crippen MR) is 72.5 cm³/mol. The molecule has 0 fully saturated rings. The summed E-state index contributed by atoms with van der Waals surface area (Å²) in [6.07, 6.45) is 3.41. The number of rotatable bonds is 5. The van der Waals surface area contributed by atoms with Crippen molar-refractivity contribution in [2.24, 2.45) is 0 Å². The Morgan fingerprint density at radius 1 is 1.35 bits per heavy atom. The molecule has 104 valence electrons. The number of hydrogen-bond donors (Lipinski definition) is 1. The normalized spacial score (nSPS) is 12.1. The zero-order valence-corrected chi connectivity index (χ0v) is 10.9. The molecule has 0 saturated heterocycles. The monoisotopic (exact) mass is 275 g/mol. The molecule has 0 spiro atoms. The second-order valence-corrected chi connectivity index (χ2v) is 4.43. The van der Waals surface area contributed by atoms with E-state index in [1.807, 2.05) is 19.1 Å². The molecule has 1 aromatic heterocycles. The molecule has 1 N–H and O–H groups in total. The van der Waals surface area contributed by atoms with Gasteiger partial charge in [-0.2, -0.15) is 4.39 Å². The number of nitro groups is 1. The van der Waals surface area contributed by atoms with Crippen molar-refractivity contribution in [3.8, 4) is 0 Å². The van der Waals surface area contributed by atoms with Gasteiger partial charge in [-0.25, -0.2) is 0 Å². The summed E-state index contributed by atoms with van der Waals surface area (Å²) in [6.45, 7) is 2.41. The number of aromatic nitrogens is 1. The standard InChI is InChI=1S/C14H14FN3O2/c1-10(12-4-6-16-7-5-12)17-9-11-2-3-14(18(19)20)13(15)8-11/h2-8,10,17H,9H2,1H3. The Hall–Kier alpha value is -2.34. The SMILES string of the molecule is CC(NCc1ccc([N+](=O)[O-])c(F)c1)c1ccncc1. The molecule has 0 aliphatic carbocycles. The summed E-state index contributed by atoms with van der Waals surface area (Å²) in [6, 6.07) is 7.79. The molecule has 20 heavy (non-hydrogen) atoms. The molecule has 5 nitrogen and oxygen atoms in total. The minimum atomic E-state index is -0.814. The molecule has 0 saturated carbocycles. The van der Waals surface area contributed by atoms with Crippen LogP contribution in [0.4, 0.5) is 10.1 Å². The molecule has 1 aromatic carbocycles. The summed E-state index contributed by atoms with van der Waals surface area (Å²) < 4.78 is 13.5. The van der Waals surface area contributed by atoms with E-state index >= 15 is 0 Å². The lowest BCUT2D eigenvalue weighted by Crippen LogP contribution is -2.18. The Morgan fingerprint density at radius 2 is 2.05 bits per heavy atom. The molecule has 0 aliphatic rings. The van der Waals surface area contributed by atoms with Gasteiger partial charge in [0.15, 0.2) is 0 Å². The molecule has 2 rings (SSSR count). The minimum Gasteiger partial charge on any atom is -0.306 e. The number of hydrogen-bond acceptors (Lipinski definition) is 4. The fourth-order valence-electron chi connectivity index (χ4n) is 1.85. The van der Waals surface area contributed by atoms with Crippen LogP contribution in [0.3, 0.4) is 0 Å². The van der Waals surface area contributed by atoms with Gasteiger partial charge in [0, 0.05) is 31.0 Å². The summed E-state index contributed by atoms with van der Waals surface area (Å²) >= 11 is 0. The second kappa shape index (κ2) is 6.21. The first-order chi connectivity index (χ1) is 9.58. The van der Waals surface area contributed by atoms with E-state index in [0.717, 1.165) is 5.56 Å². The van der Waals surface area contributed by atoms with Gasteiger partial charge in [0.2, 0.25) is 5.82 Å². The van der Waals surface area contributed by atoms with Crippen molar-refractivity contribution in [2.75, 3.05) is 0 Å². The maximum absolute atomic E-state index is 13.5. The van der Waals surface area contributed by atoms with Crippen LogP contribution in [0.1, 0.15) is 24.1 Å². The maximum Gasteiger partial charge on any atom is 0.304 e. The van der Waals surface area contributed by atoms with E-state index in [1.165, 1.54) is 12.1 Å². The highest BCUT2D eigenvalue weighted by Crippen LogP contribution is 2.18. The molecule has 0 amide bonds. The van der Waals surface area contributed by atoms with Crippen molar-refractivity contribution < 1.29 is 9.31 Å². The van der Waals surface area contributed by atoms with E-state index < -0.39 is 16.4 Å². The van der Waals surface area contributed by atoms with Crippen molar-refractivity contribution >= 4 is 5.69 Å². The van der Waals surface area contributed by atoms with Crippen molar-refractivity contribution in [1.29, 1.82) is 0 Å². The molecular weight excluding hydrogens is 261 g/mol. The Morgan fingerprint density at radius 3 is 2.65 bits per heavy atom. The lowest BCUT2D eigenvalue weighted by atomic mass is 10.1. The smallest absolute Gasteiger partial charge is 0.304 e. The molecule has 0 bridgehead atoms. The van der Waals surface area contributed by atoms with E-state index in [-0.39, 0.29) is 6.04 Å². The van der Waals surface area contributed by atoms with Crippen LogP contribution in [0.5, 0.6) is 0 Å². The molecule has 1 unspecified atom stereocenters. The van der Waals surface area contributed by atoms with Gasteiger partial charge in [0.05, 0.1) is 4.92 Å². The molecule has 1 heterocycles. The molecule has 6 heteroatoms. The molecule has 0 aliphatic heterocycles. The van der Waals surface area contributed by atoms with Crippen molar-refractivity contribution in [3.05, 3.63) is 69.8 Å². The van der Waals surface area contributed by atoms with Crippen LogP contribution in [0.2, 0.25) is 0 Å². The predicted octanol–water partition coefficient (Wildman–Crippen LogP) is 2.98. The number of pyridine rings is 1. The van der Waals surface area contributed by atoms with E-state index in [0.29, 0.717) is 12.1 Å². The highest BCUT2D eigenvalue weighted by molar-refractivity contribution is 5.35. The van der Waals surface area contributed by atoms with Gasteiger partial charge >= 0.3 is 5.69 Å². The van der Waals surface area contributed by atoms with Crippen LogP contribution < -0.4 is 5.32 Å². The maximum atomic E-state index is 13.5. The Labute approximate surface area is 115 Å².